The van der Waals surface area contributed by atoms with Gasteiger partial charge < -0.3 is 0 Å². The van der Waals surface area contributed by atoms with Gasteiger partial charge in [0.1, 0.15) is 8.07 Å². The lowest BCUT2D eigenvalue weighted by Gasteiger charge is -2.04. The van der Waals surface area contributed by atoms with Crippen LogP contribution in [-0.2, 0) is 28.8 Å². The summed E-state index contributed by atoms with van der Waals surface area (Å²) in [5, 5.41) is 2.30. The van der Waals surface area contributed by atoms with Gasteiger partial charge in [-0.2, -0.15) is 28.8 Å². The number of benzene rings is 3. The molecule has 0 N–H and O–H groups in total. The summed E-state index contributed by atoms with van der Waals surface area (Å²) in [7, 11) is -1.27. The minimum atomic E-state index is -1.27. The van der Waals surface area contributed by atoms with Crippen LogP contribution in [0.15, 0.2) is 59.1 Å². The van der Waals surface area contributed by atoms with Gasteiger partial charge in [-0.15, -0.1) is 12.0 Å². The van der Waals surface area contributed by atoms with Crippen molar-refractivity contribution in [1.82, 2.24) is 0 Å². The quantitative estimate of drug-likeness (QED) is 0.172. The van der Waals surface area contributed by atoms with Crippen LogP contribution in [0.3, 0.4) is 0 Å². The maximum absolute atomic E-state index is 8.12. The van der Waals surface area contributed by atoms with Gasteiger partial charge in [-0.3, -0.25) is 0 Å². The van der Waals surface area contributed by atoms with Crippen molar-refractivity contribution in [1.29, 1.82) is 0 Å². The Morgan fingerprint density at radius 2 is 0.952 bits per heavy atom. The number of aryl methyl sites for hydroxylation is 3. The first kappa shape index (κ1) is 42.9. The zero-order valence-corrected chi connectivity index (χ0v) is 28.6. The first-order valence-electron chi connectivity index (χ1n) is 11.5. The summed E-state index contributed by atoms with van der Waals surface area (Å²) in [6, 6.07) is 17.1. The summed E-state index contributed by atoms with van der Waals surface area (Å²) in [6.45, 7) is 12.7. The molecule has 3 rings (SSSR count). The highest BCUT2D eigenvalue weighted by atomic mass is 79.9. The Labute approximate surface area is 270 Å². The lowest BCUT2D eigenvalue weighted by molar-refractivity contribution is -0.193. The third kappa shape index (κ3) is 24.3. The minimum absolute atomic E-state index is 0.250. The topological polar surface area (TPSA) is 102 Å². The molecule has 0 radical (unpaired) electrons. The fourth-order valence-electron chi connectivity index (χ4n) is 2.42. The van der Waals surface area contributed by atoms with Gasteiger partial charge in [0, 0.05) is 30.7 Å². The molecular formula is C31H28BrCl3O6Si. The fraction of sp³-hybridized carbons (Fsp3) is 0.194. The third-order valence-electron chi connectivity index (χ3n) is 4.22. The van der Waals surface area contributed by atoms with Crippen molar-refractivity contribution in [3.8, 4) is 23.8 Å². The molecule has 0 heterocycles. The van der Waals surface area contributed by atoms with E-state index < -0.39 is 8.07 Å². The highest BCUT2D eigenvalue weighted by Gasteiger charge is 2.07. The molecule has 0 amide bonds. The van der Waals surface area contributed by atoms with Crippen LogP contribution in [0.2, 0.25) is 34.7 Å². The van der Waals surface area contributed by atoms with Crippen molar-refractivity contribution in [2.75, 3.05) is 0 Å². The lowest BCUT2D eigenvalue weighted by Crippen LogP contribution is -2.16. The second-order valence-corrected chi connectivity index (χ2v) is 15.6. The molecule has 0 saturated heterocycles. The normalized spacial score (nSPS) is 8.31. The van der Waals surface area contributed by atoms with Crippen LogP contribution in [0.25, 0.3) is 0 Å². The van der Waals surface area contributed by atoms with Crippen LogP contribution in [0.4, 0.5) is 0 Å². The van der Waals surface area contributed by atoms with E-state index in [1.165, 1.54) is 5.56 Å². The molecule has 42 heavy (non-hydrogen) atoms. The Kier molecular flexibility index (Phi) is 25.8. The number of hydrogen-bond donors (Lipinski definition) is 0. The summed E-state index contributed by atoms with van der Waals surface area (Å²) in [5.41, 5.74) is 8.72. The van der Waals surface area contributed by atoms with Gasteiger partial charge in [-0.25, -0.2) is 0 Å². The van der Waals surface area contributed by atoms with Gasteiger partial charge in [-0.05, 0) is 92.1 Å². The first-order valence-corrected chi connectivity index (χ1v) is 16.9. The number of carbonyl (C=O) groups excluding carboxylic acids is 6. The van der Waals surface area contributed by atoms with Gasteiger partial charge in [-0.1, -0.05) is 82.2 Å². The highest BCUT2D eigenvalue weighted by molar-refractivity contribution is 9.10. The molecule has 3 aromatic carbocycles. The lowest BCUT2D eigenvalue weighted by atomic mass is 10.1. The maximum Gasteiger partial charge on any atom is 0.373 e. The molecule has 11 heteroatoms. The van der Waals surface area contributed by atoms with E-state index in [-0.39, 0.29) is 18.5 Å². The molecule has 6 nitrogen and oxygen atoms in total. The molecule has 0 atom stereocenters. The summed E-state index contributed by atoms with van der Waals surface area (Å²) < 4.78 is 1.10. The zero-order chi connectivity index (χ0) is 33.3. The van der Waals surface area contributed by atoms with Crippen molar-refractivity contribution in [2.24, 2.45) is 0 Å². The van der Waals surface area contributed by atoms with E-state index in [9.17, 15) is 0 Å². The Morgan fingerprint density at radius 1 is 0.619 bits per heavy atom. The van der Waals surface area contributed by atoms with E-state index in [4.69, 9.17) is 70.0 Å². The van der Waals surface area contributed by atoms with Gasteiger partial charge in [0.15, 0.2) is 0 Å². The van der Waals surface area contributed by atoms with Crippen molar-refractivity contribution in [2.45, 2.75) is 40.4 Å². The minimum Gasteiger partial charge on any atom is -0.186 e. The van der Waals surface area contributed by atoms with Crippen LogP contribution in [0.1, 0.15) is 27.8 Å². The molecule has 0 spiro atoms. The first-order chi connectivity index (χ1) is 19.6. The standard InChI is InChI=1S/C12H15ClSi.C9H7Cl.C7H6BrCl.3CO2/c1-10-9-12(13)6-5-11(10)7-8-14(2,3)4;1-3-8-4-5-9(10)6-7(8)2;1-5-4-6(9)2-3-7(5)8;3*2-1-3/h5-6,9H,1-4H3;1,4-6H,2H3;2-4H,1H3;;;. The van der Waals surface area contributed by atoms with E-state index >= 15 is 0 Å². The predicted molar refractivity (Wildman–Crippen MR) is 169 cm³/mol. The van der Waals surface area contributed by atoms with Crippen LogP contribution in [0.5, 0.6) is 0 Å². The molecule has 220 valence electrons. The largest absolute Gasteiger partial charge is 0.373 e. The summed E-state index contributed by atoms with van der Waals surface area (Å²) in [6.07, 6.45) is 5.96. The van der Waals surface area contributed by atoms with E-state index in [2.05, 4.69) is 53.0 Å². The van der Waals surface area contributed by atoms with E-state index in [1.54, 1.807) is 6.07 Å². The molecular weight excluding hydrogens is 683 g/mol. The van der Waals surface area contributed by atoms with E-state index in [0.717, 1.165) is 41.8 Å². The van der Waals surface area contributed by atoms with E-state index in [1.807, 2.05) is 69.3 Å². The maximum atomic E-state index is 8.12. The van der Waals surface area contributed by atoms with Crippen molar-refractivity contribution in [3.05, 3.63) is 102 Å². The van der Waals surface area contributed by atoms with Gasteiger partial charge in [0.25, 0.3) is 0 Å². The van der Waals surface area contributed by atoms with E-state index in [0.29, 0.717) is 0 Å². The fourth-order valence-corrected chi connectivity index (χ4v) is 3.86. The van der Waals surface area contributed by atoms with Crippen LogP contribution >= 0.6 is 50.7 Å². The smallest absolute Gasteiger partial charge is 0.186 e. The Bertz CT molecular complexity index is 1450. The SMILES string of the molecule is C#Cc1ccc(Cl)cc1C.Cc1cc(Cl)ccc1Br.Cc1cc(Cl)ccc1C#C[Si](C)(C)C.O=C=O.O=C=O.O=C=O. The van der Waals surface area contributed by atoms with Crippen LogP contribution in [0, 0.1) is 44.6 Å². The third-order valence-corrected chi connectivity index (χ3v) is 6.69. The van der Waals surface area contributed by atoms with Gasteiger partial charge in [0.2, 0.25) is 0 Å². The van der Waals surface area contributed by atoms with Crippen molar-refractivity contribution in [3.63, 3.8) is 0 Å². The summed E-state index contributed by atoms with van der Waals surface area (Å²) in [5.74, 6) is 5.80. The molecule has 0 bridgehead atoms. The highest BCUT2D eigenvalue weighted by Crippen LogP contribution is 2.19. The molecule has 0 aromatic heterocycles. The van der Waals surface area contributed by atoms with Gasteiger partial charge in [0.05, 0.1) is 0 Å². The van der Waals surface area contributed by atoms with Crippen LogP contribution in [-0.4, -0.2) is 26.5 Å². The summed E-state index contributed by atoms with van der Waals surface area (Å²) >= 11 is 20.6. The second kappa shape index (κ2) is 25.2. The van der Waals surface area contributed by atoms with Crippen molar-refractivity contribution >= 4 is 77.3 Å². The zero-order valence-electron chi connectivity index (χ0n) is 23.7. The Hall–Kier alpha value is -3.51. The number of terminal acetylenes is 1. The summed E-state index contributed by atoms with van der Waals surface area (Å²) in [4.78, 5) is 48.8. The molecule has 0 aliphatic carbocycles. The average Bonchev–Trinajstić information content (AvgIpc) is 2.88. The Morgan fingerprint density at radius 3 is 1.24 bits per heavy atom. The van der Waals surface area contributed by atoms with Crippen LogP contribution < -0.4 is 0 Å². The molecule has 3 aromatic rings. The molecule has 0 aliphatic rings. The Balaban J connectivity index is -0.000000483. The molecule has 0 saturated carbocycles. The van der Waals surface area contributed by atoms with Crippen molar-refractivity contribution < 1.29 is 28.8 Å². The predicted octanol–water partition coefficient (Wildman–Crippen LogP) is 8.17. The average molecular weight is 711 g/mol. The number of rotatable bonds is 0. The van der Waals surface area contributed by atoms with Gasteiger partial charge >= 0.3 is 18.5 Å². The molecule has 0 aliphatic heterocycles. The monoisotopic (exact) mass is 708 g/mol. The molecule has 0 fully saturated rings. The number of halogens is 4. The number of hydrogen-bond acceptors (Lipinski definition) is 6. The second-order valence-electron chi connectivity index (χ2n) is 8.71. The molecule has 0 unspecified atom stereocenters.